The topological polar surface area (TPSA) is 84.0 Å². The lowest BCUT2D eigenvalue weighted by atomic mass is 9.81. The first-order valence-electron chi connectivity index (χ1n) is 7.60. The van der Waals surface area contributed by atoms with Gasteiger partial charge in [-0.3, -0.25) is 19.2 Å². The standard InChI is InChI=1S/C16H12N2O5/c19-13-7-3-1-2-4-8(7)14(20)17(13)18-15(21)11-9-5-6-10(23-9)12(11)16(18)22/h1-4,9-12H,5-6H2/t9-,10+,11-,12+. The van der Waals surface area contributed by atoms with Crippen LogP contribution in [0.1, 0.15) is 33.6 Å². The van der Waals surface area contributed by atoms with E-state index in [1.807, 2.05) is 0 Å². The van der Waals surface area contributed by atoms with Crippen LogP contribution in [-0.4, -0.2) is 45.9 Å². The third-order valence-electron chi connectivity index (χ3n) is 5.23. The molecular weight excluding hydrogens is 300 g/mol. The number of imide groups is 2. The number of fused-ring (bicyclic) bond motifs is 6. The van der Waals surface area contributed by atoms with E-state index >= 15 is 0 Å². The number of carbonyl (C=O) groups is 4. The van der Waals surface area contributed by atoms with Gasteiger partial charge in [-0.25, -0.2) is 0 Å². The number of hydrazine groups is 1. The van der Waals surface area contributed by atoms with Gasteiger partial charge in [-0.2, -0.15) is 10.0 Å². The minimum Gasteiger partial charge on any atom is -0.373 e. The lowest BCUT2D eigenvalue weighted by Gasteiger charge is -2.25. The van der Waals surface area contributed by atoms with Crippen LogP contribution in [0.2, 0.25) is 0 Å². The molecule has 0 aromatic heterocycles. The molecule has 4 aliphatic rings. The fourth-order valence-electron chi connectivity index (χ4n) is 4.25. The van der Waals surface area contributed by atoms with Gasteiger partial charge in [0.25, 0.3) is 23.6 Å². The maximum Gasteiger partial charge on any atom is 0.281 e. The van der Waals surface area contributed by atoms with Crippen molar-refractivity contribution in [1.82, 2.24) is 10.0 Å². The summed E-state index contributed by atoms with van der Waals surface area (Å²) in [4.78, 5) is 50.4. The van der Waals surface area contributed by atoms with Gasteiger partial charge in [-0.1, -0.05) is 12.1 Å². The minimum absolute atomic E-state index is 0.217. The lowest BCUT2D eigenvalue weighted by molar-refractivity contribution is -0.154. The van der Waals surface area contributed by atoms with Crippen molar-refractivity contribution in [2.24, 2.45) is 11.8 Å². The largest absolute Gasteiger partial charge is 0.373 e. The Morgan fingerprint density at radius 3 is 1.74 bits per heavy atom. The summed E-state index contributed by atoms with van der Waals surface area (Å²) in [5.41, 5.74) is 0.434. The molecule has 7 nitrogen and oxygen atoms in total. The van der Waals surface area contributed by atoms with Crippen LogP contribution >= 0.6 is 0 Å². The van der Waals surface area contributed by atoms with E-state index in [0.29, 0.717) is 5.01 Å². The molecule has 0 spiro atoms. The predicted molar refractivity (Wildman–Crippen MR) is 73.7 cm³/mol. The van der Waals surface area contributed by atoms with Crippen LogP contribution in [0.3, 0.4) is 0 Å². The molecule has 116 valence electrons. The van der Waals surface area contributed by atoms with Gasteiger partial charge >= 0.3 is 0 Å². The second kappa shape index (κ2) is 4.05. The number of rotatable bonds is 1. The van der Waals surface area contributed by atoms with Crippen LogP contribution in [0.5, 0.6) is 0 Å². The van der Waals surface area contributed by atoms with E-state index in [2.05, 4.69) is 0 Å². The van der Waals surface area contributed by atoms with Gasteiger partial charge in [-0.15, -0.1) is 0 Å². The number of amides is 4. The van der Waals surface area contributed by atoms with E-state index in [0.717, 1.165) is 17.9 Å². The quantitative estimate of drug-likeness (QED) is 0.699. The van der Waals surface area contributed by atoms with E-state index in [1.165, 1.54) is 12.1 Å². The van der Waals surface area contributed by atoms with Gasteiger partial charge in [0.2, 0.25) is 0 Å². The van der Waals surface area contributed by atoms with Crippen molar-refractivity contribution in [3.05, 3.63) is 35.4 Å². The number of hydrogen-bond donors (Lipinski definition) is 0. The Bertz CT molecular complexity index is 740. The van der Waals surface area contributed by atoms with Crippen molar-refractivity contribution in [3.63, 3.8) is 0 Å². The summed E-state index contributed by atoms with van der Waals surface area (Å²) in [6.07, 6.45) is 0.921. The summed E-state index contributed by atoms with van der Waals surface area (Å²) in [5.74, 6) is -3.37. The summed E-state index contributed by atoms with van der Waals surface area (Å²) < 4.78 is 5.65. The van der Waals surface area contributed by atoms with E-state index in [1.54, 1.807) is 12.1 Å². The number of ether oxygens (including phenoxy) is 1. The van der Waals surface area contributed by atoms with Gasteiger partial charge in [0, 0.05) is 0 Å². The summed E-state index contributed by atoms with van der Waals surface area (Å²) in [7, 11) is 0. The number of benzene rings is 1. The van der Waals surface area contributed by atoms with Crippen LogP contribution < -0.4 is 0 Å². The van der Waals surface area contributed by atoms with E-state index in [9.17, 15) is 19.2 Å². The molecular formula is C16H12N2O5. The van der Waals surface area contributed by atoms with Gasteiger partial charge in [-0.05, 0) is 25.0 Å². The Morgan fingerprint density at radius 1 is 0.783 bits per heavy atom. The Kier molecular flexibility index (Phi) is 2.28. The van der Waals surface area contributed by atoms with Crippen molar-refractivity contribution < 1.29 is 23.9 Å². The molecule has 23 heavy (non-hydrogen) atoms. The molecule has 4 aliphatic heterocycles. The molecule has 0 unspecified atom stereocenters. The molecule has 3 fully saturated rings. The van der Waals surface area contributed by atoms with Gasteiger partial charge < -0.3 is 4.74 Å². The molecule has 4 heterocycles. The normalized spacial score (nSPS) is 34.6. The van der Waals surface area contributed by atoms with Crippen LogP contribution in [0.4, 0.5) is 0 Å². The summed E-state index contributed by atoms with van der Waals surface area (Å²) >= 11 is 0. The highest BCUT2D eigenvalue weighted by Crippen LogP contribution is 2.49. The van der Waals surface area contributed by atoms with Gasteiger partial charge in [0.05, 0.1) is 35.2 Å². The van der Waals surface area contributed by atoms with Crippen LogP contribution in [0.15, 0.2) is 24.3 Å². The van der Waals surface area contributed by atoms with E-state index in [4.69, 9.17) is 4.74 Å². The second-order valence-corrected chi connectivity index (χ2v) is 6.30. The second-order valence-electron chi connectivity index (χ2n) is 6.30. The molecule has 5 rings (SSSR count). The van der Waals surface area contributed by atoms with Gasteiger partial charge in [0.1, 0.15) is 0 Å². The zero-order valence-electron chi connectivity index (χ0n) is 12.0. The summed E-state index contributed by atoms with van der Waals surface area (Å²) in [5, 5.41) is 1.46. The summed E-state index contributed by atoms with van der Waals surface area (Å²) in [6.45, 7) is 0. The fourth-order valence-corrected chi connectivity index (χ4v) is 4.25. The van der Waals surface area contributed by atoms with Crippen molar-refractivity contribution in [2.75, 3.05) is 0 Å². The highest BCUT2D eigenvalue weighted by molar-refractivity contribution is 6.24. The van der Waals surface area contributed by atoms with Crippen molar-refractivity contribution in [2.45, 2.75) is 25.0 Å². The molecule has 1 aromatic rings. The first kappa shape index (κ1) is 13.0. The Hall–Kier alpha value is -2.54. The molecule has 0 saturated carbocycles. The highest BCUT2D eigenvalue weighted by atomic mass is 16.5. The van der Waals surface area contributed by atoms with Crippen LogP contribution in [0.25, 0.3) is 0 Å². The average molecular weight is 312 g/mol. The smallest absolute Gasteiger partial charge is 0.281 e. The molecule has 0 N–H and O–H groups in total. The minimum atomic E-state index is -0.625. The average Bonchev–Trinajstić information content (AvgIpc) is 3.28. The summed E-state index contributed by atoms with van der Waals surface area (Å²) in [6, 6.07) is 6.33. The molecule has 4 atom stereocenters. The SMILES string of the molecule is O=C1c2ccccc2C(=O)N1N1C(=O)[C@@H]2[C@H](C1=O)[C@H]1CC[C@@H]2O1. The molecule has 2 bridgehead atoms. The van der Waals surface area contributed by atoms with Gasteiger partial charge in [0.15, 0.2) is 0 Å². The predicted octanol–water partition coefficient (Wildman–Crippen LogP) is 0.360. The highest BCUT2D eigenvalue weighted by Gasteiger charge is 2.65. The van der Waals surface area contributed by atoms with Crippen LogP contribution in [0, 0.1) is 11.8 Å². The zero-order chi connectivity index (χ0) is 15.9. The first-order valence-corrected chi connectivity index (χ1v) is 7.60. The van der Waals surface area contributed by atoms with E-state index in [-0.39, 0.29) is 23.3 Å². The number of hydrogen-bond acceptors (Lipinski definition) is 5. The molecule has 3 saturated heterocycles. The lowest BCUT2D eigenvalue weighted by Crippen LogP contribution is -2.51. The molecule has 1 aromatic carbocycles. The van der Waals surface area contributed by atoms with Crippen molar-refractivity contribution in [1.29, 1.82) is 0 Å². The zero-order valence-corrected chi connectivity index (χ0v) is 12.0. The third kappa shape index (κ3) is 1.38. The molecule has 7 heteroatoms. The maximum atomic E-state index is 12.7. The maximum absolute atomic E-state index is 12.7. The Morgan fingerprint density at radius 2 is 1.26 bits per heavy atom. The first-order chi connectivity index (χ1) is 11.1. The van der Waals surface area contributed by atoms with E-state index < -0.39 is 35.5 Å². The molecule has 4 amide bonds. The number of nitrogens with zero attached hydrogens (tertiary/aromatic N) is 2. The molecule has 0 radical (unpaired) electrons. The van der Waals surface area contributed by atoms with Crippen LogP contribution in [-0.2, 0) is 14.3 Å². The Labute approximate surface area is 130 Å². The fraction of sp³-hybridized carbons (Fsp3) is 0.375. The third-order valence-corrected chi connectivity index (χ3v) is 5.23. The molecule has 0 aliphatic carbocycles. The Balaban J connectivity index is 1.57. The number of carbonyl (C=O) groups excluding carboxylic acids is 4. The van der Waals surface area contributed by atoms with Crippen molar-refractivity contribution in [3.8, 4) is 0 Å². The monoisotopic (exact) mass is 312 g/mol. The van der Waals surface area contributed by atoms with Crippen molar-refractivity contribution >= 4 is 23.6 Å².